The summed E-state index contributed by atoms with van der Waals surface area (Å²) in [7, 11) is 1.52. The molecular formula is C24H22BrN3O5. The van der Waals surface area contributed by atoms with E-state index in [-0.39, 0.29) is 11.4 Å². The normalized spacial score (nSPS) is 10.9. The van der Waals surface area contributed by atoms with Crippen molar-refractivity contribution in [3.8, 4) is 23.3 Å². The Morgan fingerprint density at radius 1 is 1.21 bits per heavy atom. The molecule has 0 saturated heterocycles. The fourth-order valence-corrected chi connectivity index (χ4v) is 3.40. The number of hydrogen-bond acceptors (Lipinski definition) is 7. The van der Waals surface area contributed by atoms with Crippen LogP contribution in [0.25, 0.3) is 6.08 Å². The van der Waals surface area contributed by atoms with Gasteiger partial charge in [0.1, 0.15) is 23.2 Å². The van der Waals surface area contributed by atoms with Gasteiger partial charge in [-0.05, 0) is 58.8 Å². The lowest BCUT2D eigenvalue weighted by Gasteiger charge is -2.14. The van der Waals surface area contributed by atoms with Gasteiger partial charge in [-0.1, -0.05) is 23.4 Å². The topological polar surface area (TPSA) is 107 Å². The summed E-state index contributed by atoms with van der Waals surface area (Å²) in [6.07, 6.45) is 2.12. The lowest BCUT2D eigenvalue weighted by atomic mass is 10.1. The smallest absolute Gasteiger partial charge is 0.267 e. The highest BCUT2D eigenvalue weighted by Crippen LogP contribution is 2.37. The molecule has 1 amide bonds. The standard InChI is InChI=1S/C24H22BrN3O5/c1-16-11-22(28-33-16)27-24(29)18(15-26)12-17-13-20(25)23(21(14-17)30-2)32-10-6-9-31-19-7-4-3-5-8-19/h3-5,7-8,11-14H,6,9-10H2,1-2H3,(H,27,28,29)/b18-12-. The quantitative estimate of drug-likeness (QED) is 0.228. The Bertz CT molecular complexity index is 1170. The predicted molar refractivity (Wildman–Crippen MR) is 126 cm³/mol. The molecular weight excluding hydrogens is 490 g/mol. The van der Waals surface area contributed by atoms with Crippen LogP contribution in [0.1, 0.15) is 17.7 Å². The Balaban J connectivity index is 1.64. The zero-order valence-corrected chi connectivity index (χ0v) is 19.7. The molecule has 3 rings (SSSR count). The molecule has 170 valence electrons. The van der Waals surface area contributed by atoms with Crippen molar-refractivity contribution in [1.82, 2.24) is 5.16 Å². The first kappa shape index (κ1) is 23.9. The summed E-state index contributed by atoms with van der Waals surface area (Å²) in [6.45, 7) is 2.63. The van der Waals surface area contributed by atoms with E-state index < -0.39 is 5.91 Å². The van der Waals surface area contributed by atoms with Crippen LogP contribution in [0.15, 0.2) is 63.1 Å². The third kappa shape index (κ3) is 6.85. The molecule has 0 radical (unpaired) electrons. The largest absolute Gasteiger partial charge is 0.493 e. The minimum atomic E-state index is -0.598. The second-order valence-corrected chi connectivity index (χ2v) is 7.70. The molecule has 0 bridgehead atoms. The lowest BCUT2D eigenvalue weighted by Crippen LogP contribution is -2.13. The summed E-state index contributed by atoms with van der Waals surface area (Å²) in [5.74, 6) is 1.98. The van der Waals surface area contributed by atoms with Crippen LogP contribution in [0.5, 0.6) is 17.2 Å². The second-order valence-electron chi connectivity index (χ2n) is 6.84. The number of nitriles is 1. The van der Waals surface area contributed by atoms with Crippen LogP contribution in [0, 0.1) is 18.3 Å². The van der Waals surface area contributed by atoms with Crippen molar-refractivity contribution in [2.45, 2.75) is 13.3 Å². The number of methoxy groups -OCH3 is 1. The molecule has 0 aliphatic carbocycles. The summed E-state index contributed by atoms with van der Waals surface area (Å²) >= 11 is 3.48. The van der Waals surface area contributed by atoms with Crippen molar-refractivity contribution < 1.29 is 23.5 Å². The highest BCUT2D eigenvalue weighted by molar-refractivity contribution is 9.10. The number of hydrogen-bond donors (Lipinski definition) is 1. The summed E-state index contributed by atoms with van der Waals surface area (Å²) in [5, 5.41) is 15.7. The fourth-order valence-electron chi connectivity index (χ4n) is 2.83. The molecule has 1 N–H and O–H groups in total. The van der Waals surface area contributed by atoms with E-state index in [0.29, 0.717) is 46.9 Å². The Kier molecular flexibility index (Phi) is 8.49. The van der Waals surface area contributed by atoms with Gasteiger partial charge in [-0.25, -0.2) is 0 Å². The van der Waals surface area contributed by atoms with Gasteiger partial charge < -0.3 is 24.1 Å². The molecule has 0 unspecified atom stereocenters. The van der Waals surface area contributed by atoms with Crippen LogP contribution in [0.4, 0.5) is 5.82 Å². The number of halogens is 1. The number of carbonyl (C=O) groups excluding carboxylic acids is 1. The average Bonchev–Trinajstić information content (AvgIpc) is 3.22. The number of ether oxygens (including phenoxy) is 3. The van der Waals surface area contributed by atoms with E-state index >= 15 is 0 Å². The molecule has 1 heterocycles. The van der Waals surface area contributed by atoms with E-state index in [0.717, 1.165) is 5.75 Å². The maximum Gasteiger partial charge on any atom is 0.267 e. The van der Waals surface area contributed by atoms with Gasteiger partial charge in [0.15, 0.2) is 17.3 Å². The zero-order valence-electron chi connectivity index (χ0n) is 18.1. The number of amides is 1. The Labute approximate surface area is 199 Å². The first-order valence-electron chi connectivity index (χ1n) is 10.0. The summed E-state index contributed by atoms with van der Waals surface area (Å²) in [5.41, 5.74) is 0.484. The van der Waals surface area contributed by atoms with Crippen LogP contribution in [-0.2, 0) is 4.79 Å². The van der Waals surface area contributed by atoms with Crippen molar-refractivity contribution in [3.63, 3.8) is 0 Å². The van der Waals surface area contributed by atoms with Crippen molar-refractivity contribution in [3.05, 3.63) is 69.9 Å². The minimum Gasteiger partial charge on any atom is -0.493 e. The second kappa shape index (κ2) is 11.7. The number of benzene rings is 2. The van der Waals surface area contributed by atoms with Crippen LogP contribution in [0.3, 0.4) is 0 Å². The van der Waals surface area contributed by atoms with E-state index in [2.05, 4.69) is 26.4 Å². The van der Waals surface area contributed by atoms with Gasteiger partial charge in [-0.15, -0.1) is 0 Å². The molecule has 3 aromatic rings. The van der Waals surface area contributed by atoms with Crippen molar-refractivity contribution in [2.75, 3.05) is 25.6 Å². The molecule has 0 fully saturated rings. The first-order chi connectivity index (χ1) is 16.0. The van der Waals surface area contributed by atoms with Crippen LogP contribution >= 0.6 is 15.9 Å². The van der Waals surface area contributed by atoms with Gasteiger partial charge >= 0.3 is 0 Å². The van der Waals surface area contributed by atoms with Crippen molar-refractivity contribution in [2.24, 2.45) is 0 Å². The number of anilines is 1. The third-order valence-corrected chi connectivity index (χ3v) is 4.93. The van der Waals surface area contributed by atoms with E-state index in [4.69, 9.17) is 18.7 Å². The van der Waals surface area contributed by atoms with E-state index in [1.165, 1.54) is 13.2 Å². The number of nitrogens with zero attached hydrogens (tertiary/aromatic N) is 2. The Hall–Kier alpha value is -3.77. The molecule has 2 aromatic carbocycles. The molecule has 0 aliphatic heterocycles. The number of carbonyl (C=O) groups is 1. The number of aryl methyl sites for hydroxylation is 1. The summed E-state index contributed by atoms with van der Waals surface area (Å²) in [6, 6.07) is 16.4. The first-order valence-corrected chi connectivity index (χ1v) is 10.8. The SMILES string of the molecule is COc1cc(/C=C(/C#N)C(=O)Nc2cc(C)on2)cc(Br)c1OCCCOc1ccccc1. The lowest BCUT2D eigenvalue weighted by molar-refractivity contribution is -0.112. The Morgan fingerprint density at radius 3 is 2.64 bits per heavy atom. The number of aromatic nitrogens is 1. The van der Waals surface area contributed by atoms with Gasteiger partial charge in [-0.2, -0.15) is 5.26 Å². The predicted octanol–water partition coefficient (Wildman–Crippen LogP) is 5.15. The van der Waals surface area contributed by atoms with E-state index in [1.807, 2.05) is 36.4 Å². The molecule has 0 spiro atoms. The molecule has 0 saturated carbocycles. The zero-order chi connectivity index (χ0) is 23.6. The van der Waals surface area contributed by atoms with Crippen molar-refractivity contribution in [1.29, 1.82) is 5.26 Å². The van der Waals surface area contributed by atoms with Gasteiger partial charge in [-0.3, -0.25) is 4.79 Å². The minimum absolute atomic E-state index is 0.101. The molecule has 0 atom stereocenters. The molecule has 8 nitrogen and oxygen atoms in total. The highest BCUT2D eigenvalue weighted by atomic mass is 79.9. The average molecular weight is 512 g/mol. The van der Waals surface area contributed by atoms with Crippen LogP contribution < -0.4 is 19.5 Å². The van der Waals surface area contributed by atoms with Crippen LogP contribution in [-0.4, -0.2) is 31.4 Å². The maximum absolute atomic E-state index is 12.4. The highest BCUT2D eigenvalue weighted by Gasteiger charge is 2.15. The third-order valence-electron chi connectivity index (χ3n) is 4.34. The van der Waals surface area contributed by atoms with Crippen molar-refractivity contribution >= 4 is 33.7 Å². The fraction of sp³-hybridized carbons (Fsp3) is 0.208. The summed E-state index contributed by atoms with van der Waals surface area (Å²) < 4.78 is 22.5. The van der Waals surface area contributed by atoms with Gasteiger partial charge in [0.05, 0.1) is 24.8 Å². The van der Waals surface area contributed by atoms with Gasteiger partial charge in [0.2, 0.25) is 0 Å². The maximum atomic E-state index is 12.4. The number of nitrogens with one attached hydrogen (secondary N) is 1. The molecule has 0 aliphatic rings. The number of para-hydroxylation sites is 1. The van der Waals surface area contributed by atoms with Gasteiger partial charge in [0.25, 0.3) is 5.91 Å². The number of rotatable bonds is 10. The Morgan fingerprint density at radius 2 is 1.97 bits per heavy atom. The molecule has 1 aromatic heterocycles. The molecule has 33 heavy (non-hydrogen) atoms. The van der Waals surface area contributed by atoms with Crippen LogP contribution in [0.2, 0.25) is 0 Å². The monoisotopic (exact) mass is 511 g/mol. The van der Waals surface area contributed by atoms with Gasteiger partial charge in [0, 0.05) is 12.5 Å². The molecule has 9 heteroatoms. The van der Waals surface area contributed by atoms with E-state index in [1.54, 1.807) is 25.1 Å². The van der Waals surface area contributed by atoms with E-state index in [9.17, 15) is 10.1 Å². The summed E-state index contributed by atoms with van der Waals surface area (Å²) in [4.78, 5) is 12.4.